The van der Waals surface area contributed by atoms with Crippen LogP contribution in [-0.4, -0.2) is 25.4 Å². The maximum absolute atomic E-state index is 11.3. The molecule has 0 spiro atoms. The first-order valence-corrected chi connectivity index (χ1v) is 6.42. The number of carbonyl (C=O) groups is 1. The molecule has 0 aromatic carbocycles. The molecule has 1 heterocycles. The minimum absolute atomic E-state index is 0.0219. The summed E-state index contributed by atoms with van der Waals surface area (Å²) in [5.74, 6) is -0.731. The predicted octanol–water partition coefficient (Wildman–Crippen LogP) is -0.631. The Labute approximate surface area is 97.8 Å². The summed E-state index contributed by atoms with van der Waals surface area (Å²) in [4.78, 5) is 14.6. The highest BCUT2D eigenvalue weighted by atomic mass is 32.2. The average Bonchev–Trinajstić information content (AvgIpc) is 2.99. The molecule has 1 aromatic rings. The molecule has 1 aromatic heterocycles. The standard InChI is InChI=1S/C9H11N3O4S/c10-8(13)5-3-7(16-6-1-2-6)9(12-4-5)17(11,14)15/h3-4,6H,1-2H2,(H2,10,13)(H2,11,14,15). The van der Waals surface area contributed by atoms with Crippen molar-refractivity contribution in [2.45, 2.75) is 24.0 Å². The molecule has 1 aliphatic carbocycles. The van der Waals surface area contributed by atoms with Crippen LogP contribution in [0.25, 0.3) is 0 Å². The number of nitrogens with zero attached hydrogens (tertiary/aromatic N) is 1. The third-order valence-corrected chi connectivity index (χ3v) is 3.04. The molecule has 0 aliphatic heterocycles. The third kappa shape index (κ3) is 2.71. The molecule has 1 amide bonds. The maximum atomic E-state index is 11.3. The van der Waals surface area contributed by atoms with Crippen molar-refractivity contribution >= 4 is 15.9 Å². The summed E-state index contributed by atoms with van der Waals surface area (Å²) in [6.07, 6.45) is 2.69. The molecule has 0 unspecified atom stereocenters. The summed E-state index contributed by atoms with van der Waals surface area (Å²) in [6, 6.07) is 1.24. The number of primary sulfonamides is 1. The zero-order valence-electron chi connectivity index (χ0n) is 8.79. The normalized spacial score (nSPS) is 15.6. The molecule has 8 heteroatoms. The molecule has 7 nitrogen and oxygen atoms in total. The summed E-state index contributed by atoms with van der Waals surface area (Å²) in [5, 5.41) is 4.61. The topological polar surface area (TPSA) is 125 Å². The molecule has 92 valence electrons. The molecule has 1 fully saturated rings. The van der Waals surface area contributed by atoms with Crippen molar-refractivity contribution in [3.63, 3.8) is 0 Å². The monoisotopic (exact) mass is 257 g/mol. The van der Waals surface area contributed by atoms with Gasteiger partial charge in [-0.3, -0.25) is 4.79 Å². The van der Waals surface area contributed by atoms with Gasteiger partial charge < -0.3 is 10.5 Å². The highest BCUT2D eigenvalue weighted by molar-refractivity contribution is 7.89. The lowest BCUT2D eigenvalue weighted by Gasteiger charge is -2.09. The zero-order valence-corrected chi connectivity index (χ0v) is 9.61. The van der Waals surface area contributed by atoms with Gasteiger partial charge in [0.15, 0.2) is 5.75 Å². The lowest BCUT2D eigenvalue weighted by atomic mass is 10.2. The fourth-order valence-electron chi connectivity index (χ4n) is 1.23. The Hall–Kier alpha value is -1.67. The molecule has 0 saturated heterocycles. The van der Waals surface area contributed by atoms with Crippen LogP contribution in [0, 0.1) is 0 Å². The van der Waals surface area contributed by atoms with Crippen LogP contribution in [0.2, 0.25) is 0 Å². The summed E-state index contributed by atoms with van der Waals surface area (Å²) in [6.45, 7) is 0. The number of hydrogen-bond donors (Lipinski definition) is 2. The molecule has 2 rings (SSSR count). The Bertz CT molecular complexity index is 566. The average molecular weight is 257 g/mol. The first-order chi connectivity index (χ1) is 7.88. The first-order valence-electron chi connectivity index (χ1n) is 4.87. The van der Waals surface area contributed by atoms with Crippen LogP contribution in [0.4, 0.5) is 0 Å². The van der Waals surface area contributed by atoms with Crippen molar-refractivity contribution in [2.75, 3.05) is 0 Å². The SMILES string of the molecule is NC(=O)c1cnc(S(N)(=O)=O)c(OC2CC2)c1. The number of pyridine rings is 1. The Kier molecular flexibility index (Phi) is 2.76. The van der Waals surface area contributed by atoms with E-state index in [-0.39, 0.29) is 22.4 Å². The van der Waals surface area contributed by atoms with E-state index in [2.05, 4.69) is 4.98 Å². The van der Waals surface area contributed by atoms with Crippen LogP contribution in [0.5, 0.6) is 5.75 Å². The first kappa shape index (κ1) is 11.8. The highest BCUT2D eigenvalue weighted by Crippen LogP contribution is 2.30. The van der Waals surface area contributed by atoms with Gasteiger partial charge in [-0.15, -0.1) is 0 Å². The molecular weight excluding hydrogens is 246 g/mol. The highest BCUT2D eigenvalue weighted by Gasteiger charge is 2.28. The van der Waals surface area contributed by atoms with Crippen LogP contribution < -0.4 is 15.6 Å². The fourth-order valence-corrected chi connectivity index (χ4v) is 1.82. The minimum atomic E-state index is -3.98. The number of nitrogens with two attached hydrogens (primary N) is 2. The lowest BCUT2D eigenvalue weighted by molar-refractivity contribution is 0.0999. The van der Waals surface area contributed by atoms with Gasteiger partial charge in [0.25, 0.3) is 10.0 Å². The number of sulfonamides is 1. The van der Waals surface area contributed by atoms with Gasteiger partial charge in [-0.1, -0.05) is 0 Å². The maximum Gasteiger partial charge on any atom is 0.259 e. The summed E-state index contributed by atoms with van der Waals surface area (Å²) in [7, 11) is -3.98. The van der Waals surface area contributed by atoms with E-state index >= 15 is 0 Å². The lowest BCUT2D eigenvalue weighted by Crippen LogP contribution is -2.18. The number of aromatic nitrogens is 1. The van der Waals surface area contributed by atoms with Gasteiger partial charge in [0.05, 0.1) is 11.7 Å². The van der Waals surface area contributed by atoms with Crippen molar-refractivity contribution in [2.24, 2.45) is 10.9 Å². The fraction of sp³-hybridized carbons (Fsp3) is 0.333. The van der Waals surface area contributed by atoms with Gasteiger partial charge in [-0.25, -0.2) is 18.5 Å². The van der Waals surface area contributed by atoms with E-state index in [1.165, 1.54) is 6.07 Å². The summed E-state index contributed by atoms with van der Waals surface area (Å²) < 4.78 is 27.9. The molecule has 4 N–H and O–H groups in total. The van der Waals surface area contributed by atoms with Crippen molar-refractivity contribution < 1.29 is 17.9 Å². The van der Waals surface area contributed by atoms with Gasteiger partial charge in [-0.2, -0.15) is 0 Å². The molecule has 0 bridgehead atoms. The van der Waals surface area contributed by atoms with Crippen LogP contribution in [0.1, 0.15) is 23.2 Å². The molecule has 0 atom stereocenters. The molecular formula is C9H11N3O4S. The van der Waals surface area contributed by atoms with Crippen LogP contribution in [0.15, 0.2) is 17.3 Å². The Morgan fingerprint density at radius 2 is 2.12 bits per heavy atom. The van der Waals surface area contributed by atoms with E-state index in [4.69, 9.17) is 15.6 Å². The van der Waals surface area contributed by atoms with Crippen LogP contribution in [-0.2, 0) is 10.0 Å². The second kappa shape index (κ2) is 3.97. The molecule has 17 heavy (non-hydrogen) atoms. The minimum Gasteiger partial charge on any atom is -0.487 e. The second-order valence-electron chi connectivity index (χ2n) is 3.75. The largest absolute Gasteiger partial charge is 0.487 e. The number of rotatable bonds is 4. The number of carbonyl (C=O) groups excluding carboxylic acids is 1. The van der Waals surface area contributed by atoms with Gasteiger partial charge in [0.2, 0.25) is 10.9 Å². The van der Waals surface area contributed by atoms with Gasteiger partial charge in [0.1, 0.15) is 0 Å². The zero-order chi connectivity index (χ0) is 12.6. The Morgan fingerprint density at radius 1 is 1.47 bits per heavy atom. The molecule has 1 saturated carbocycles. The van der Waals surface area contributed by atoms with E-state index in [1.807, 2.05) is 0 Å². The molecule has 1 aliphatic rings. The van der Waals surface area contributed by atoms with Gasteiger partial charge in [0, 0.05) is 6.20 Å². The number of primary amides is 1. The Morgan fingerprint density at radius 3 is 2.59 bits per heavy atom. The summed E-state index contributed by atoms with van der Waals surface area (Å²) >= 11 is 0. The smallest absolute Gasteiger partial charge is 0.259 e. The Balaban J connectivity index is 2.47. The van der Waals surface area contributed by atoms with E-state index in [1.54, 1.807) is 0 Å². The van der Waals surface area contributed by atoms with Crippen molar-refractivity contribution in [3.8, 4) is 5.75 Å². The second-order valence-corrected chi connectivity index (χ2v) is 5.23. The predicted molar refractivity (Wildman–Crippen MR) is 57.8 cm³/mol. The van der Waals surface area contributed by atoms with Crippen LogP contribution in [0.3, 0.4) is 0 Å². The van der Waals surface area contributed by atoms with E-state index in [0.29, 0.717) is 0 Å². The third-order valence-electron chi connectivity index (χ3n) is 2.19. The van der Waals surface area contributed by atoms with E-state index in [9.17, 15) is 13.2 Å². The van der Waals surface area contributed by atoms with E-state index in [0.717, 1.165) is 19.0 Å². The molecule has 0 radical (unpaired) electrons. The number of hydrogen-bond acceptors (Lipinski definition) is 5. The van der Waals surface area contributed by atoms with Crippen molar-refractivity contribution in [3.05, 3.63) is 17.8 Å². The van der Waals surface area contributed by atoms with Crippen molar-refractivity contribution in [1.29, 1.82) is 0 Å². The number of amides is 1. The van der Waals surface area contributed by atoms with Gasteiger partial charge in [-0.05, 0) is 18.9 Å². The number of ether oxygens (including phenoxy) is 1. The van der Waals surface area contributed by atoms with Crippen molar-refractivity contribution in [1.82, 2.24) is 4.98 Å². The van der Waals surface area contributed by atoms with Gasteiger partial charge >= 0.3 is 0 Å². The van der Waals surface area contributed by atoms with E-state index < -0.39 is 15.9 Å². The summed E-state index contributed by atoms with van der Waals surface area (Å²) in [5.41, 5.74) is 5.15. The quantitative estimate of drug-likeness (QED) is 0.742. The van der Waals surface area contributed by atoms with Crippen LogP contribution >= 0.6 is 0 Å².